The van der Waals surface area contributed by atoms with Gasteiger partial charge in [-0.15, -0.1) is 0 Å². The number of carbonyl (C=O) groups is 2. The van der Waals surface area contributed by atoms with Crippen molar-refractivity contribution in [1.82, 2.24) is 20.9 Å². The minimum atomic E-state index is -0.353. The molecule has 1 aromatic carbocycles. The summed E-state index contributed by atoms with van der Waals surface area (Å²) in [5.74, 6) is 0.383. The van der Waals surface area contributed by atoms with Gasteiger partial charge in [0.05, 0.1) is 12.6 Å². The van der Waals surface area contributed by atoms with Gasteiger partial charge >= 0.3 is 6.03 Å². The number of aliphatic imine (C=N–C) groups is 1. The molecule has 3 amide bonds. The van der Waals surface area contributed by atoms with Gasteiger partial charge in [-0.1, -0.05) is 23.7 Å². The van der Waals surface area contributed by atoms with E-state index in [9.17, 15) is 9.59 Å². The number of rotatable bonds is 5. The first-order chi connectivity index (χ1) is 11.0. The van der Waals surface area contributed by atoms with Crippen molar-refractivity contribution in [3.63, 3.8) is 0 Å². The zero-order chi connectivity index (χ0) is 16.8. The topological polar surface area (TPSA) is 85.8 Å². The second kappa shape index (κ2) is 7.82. The normalized spacial score (nSPS) is 16.3. The van der Waals surface area contributed by atoms with E-state index >= 15 is 0 Å². The number of imide groups is 1. The van der Waals surface area contributed by atoms with Crippen LogP contribution < -0.4 is 16.0 Å². The van der Waals surface area contributed by atoms with Crippen molar-refractivity contribution in [2.75, 3.05) is 26.7 Å². The molecular weight excluding hydrogens is 318 g/mol. The molecule has 2 rings (SSSR count). The second-order valence-corrected chi connectivity index (χ2v) is 5.56. The first-order valence-corrected chi connectivity index (χ1v) is 7.70. The van der Waals surface area contributed by atoms with Crippen molar-refractivity contribution in [3.8, 4) is 0 Å². The lowest BCUT2D eigenvalue weighted by atomic mass is 10.1. The SMILES string of the molecule is CN=C(NCCN1C(=O)CNC1=O)NC(C)c1ccc(Cl)cc1. The maximum absolute atomic E-state index is 11.5. The molecule has 1 heterocycles. The predicted molar refractivity (Wildman–Crippen MR) is 89.5 cm³/mol. The highest BCUT2D eigenvalue weighted by molar-refractivity contribution is 6.30. The van der Waals surface area contributed by atoms with E-state index in [1.54, 1.807) is 7.05 Å². The van der Waals surface area contributed by atoms with Crippen molar-refractivity contribution in [2.24, 2.45) is 4.99 Å². The summed E-state index contributed by atoms with van der Waals surface area (Å²) in [4.78, 5) is 28.2. The molecule has 1 aromatic rings. The zero-order valence-corrected chi connectivity index (χ0v) is 13.9. The van der Waals surface area contributed by atoms with Gasteiger partial charge in [-0.25, -0.2) is 4.79 Å². The average molecular weight is 338 g/mol. The summed E-state index contributed by atoms with van der Waals surface area (Å²) in [6.07, 6.45) is 0. The Bertz CT molecular complexity index is 586. The van der Waals surface area contributed by atoms with Gasteiger partial charge in [0, 0.05) is 25.2 Å². The Morgan fingerprint density at radius 2 is 2.09 bits per heavy atom. The summed E-state index contributed by atoms with van der Waals surface area (Å²) in [6, 6.07) is 7.25. The Hall–Kier alpha value is -2.28. The number of urea groups is 1. The van der Waals surface area contributed by atoms with Crippen molar-refractivity contribution < 1.29 is 9.59 Å². The van der Waals surface area contributed by atoms with Crippen LogP contribution in [-0.2, 0) is 4.79 Å². The fourth-order valence-corrected chi connectivity index (χ4v) is 2.33. The van der Waals surface area contributed by atoms with Crippen LogP contribution >= 0.6 is 11.6 Å². The largest absolute Gasteiger partial charge is 0.355 e. The molecule has 0 radical (unpaired) electrons. The minimum Gasteiger partial charge on any atom is -0.355 e. The van der Waals surface area contributed by atoms with E-state index in [0.29, 0.717) is 24.1 Å². The van der Waals surface area contributed by atoms with Crippen LogP contribution in [-0.4, -0.2) is 49.5 Å². The molecule has 1 aliphatic heterocycles. The van der Waals surface area contributed by atoms with Gasteiger partial charge in [0.2, 0.25) is 5.91 Å². The van der Waals surface area contributed by atoms with Gasteiger partial charge in [-0.05, 0) is 24.6 Å². The Kier molecular flexibility index (Phi) is 5.81. The summed E-state index contributed by atoms with van der Waals surface area (Å²) in [7, 11) is 1.66. The van der Waals surface area contributed by atoms with Crippen LogP contribution in [0.25, 0.3) is 0 Å². The monoisotopic (exact) mass is 337 g/mol. The Labute approximate surface area is 140 Å². The number of hydrogen-bond donors (Lipinski definition) is 3. The van der Waals surface area contributed by atoms with Gasteiger partial charge in [0.1, 0.15) is 0 Å². The zero-order valence-electron chi connectivity index (χ0n) is 13.1. The lowest BCUT2D eigenvalue weighted by molar-refractivity contribution is -0.124. The third kappa shape index (κ3) is 4.59. The number of nitrogens with one attached hydrogen (secondary N) is 3. The molecule has 0 saturated carbocycles. The van der Waals surface area contributed by atoms with Gasteiger partial charge in [-0.3, -0.25) is 14.7 Å². The van der Waals surface area contributed by atoms with Crippen LogP contribution in [0.1, 0.15) is 18.5 Å². The molecule has 3 N–H and O–H groups in total. The molecule has 8 heteroatoms. The summed E-state index contributed by atoms with van der Waals surface area (Å²) in [5, 5.41) is 9.50. The highest BCUT2D eigenvalue weighted by Gasteiger charge is 2.27. The highest BCUT2D eigenvalue weighted by atomic mass is 35.5. The maximum Gasteiger partial charge on any atom is 0.324 e. The van der Waals surface area contributed by atoms with E-state index < -0.39 is 0 Å². The van der Waals surface area contributed by atoms with Crippen molar-refractivity contribution in [3.05, 3.63) is 34.9 Å². The van der Waals surface area contributed by atoms with Crippen LogP contribution in [0.15, 0.2) is 29.3 Å². The fraction of sp³-hybridized carbons (Fsp3) is 0.400. The molecule has 7 nitrogen and oxygen atoms in total. The third-order valence-corrected chi connectivity index (χ3v) is 3.76. The van der Waals surface area contributed by atoms with E-state index in [2.05, 4.69) is 20.9 Å². The smallest absolute Gasteiger partial charge is 0.324 e. The van der Waals surface area contributed by atoms with E-state index in [0.717, 1.165) is 5.56 Å². The molecule has 0 aliphatic carbocycles. The van der Waals surface area contributed by atoms with Crippen LogP contribution in [0.3, 0.4) is 0 Å². The van der Waals surface area contributed by atoms with Crippen molar-refractivity contribution >= 4 is 29.5 Å². The summed E-state index contributed by atoms with van der Waals surface area (Å²) in [5.41, 5.74) is 1.08. The molecular formula is C15H20ClN5O2. The molecule has 1 fully saturated rings. The van der Waals surface area contributed by atoms with Gasteiger partial charge in [0.15, 0.2) is 5.96 Å². The number of amides is 3. The molecule has 1 saturated heterocycles. The summed E-state index contributed by atoms with van der Waals surface area (Å²) < 4.78 is 0. The lowest BCUT2D eigenvalue weighted by Gasteiger charge is -2.19. The fourth-order valence-electron chi connectivity index (χ4n) is 2.20. The van der Waals surface area contributed by atoms with Crippen LogP contribution in [0.5, 0.6) is 0 Å². The van der Waals surface area contributed by atoms with Gasteiger partial charge in [-0.2, -0.15) is 0 Å². The predicted octanol–water partition coefficient (Wildman–Crippen LogP) is 1.12. The standard InChI is InChI=1S/C15H20ClN5O2/c1-10(11-3-5-12(16)6-4-11)20-14(17-2)18-7-8-21-13(22)9-19-15(21)23/h3-6,10H,7-9H2,1-2H3,(H,19,23)(H2,17,18,20). The highest BCUT2D eigenvalue weighted by Crippen LogP contribution is 2.15. The van der Waals surface area contributed by atoms with Crippen molar-refractivity contribution in [2.45, 2.75) is 13.0 Å². The average Bonchev–Trinajstić information content (AvgIpc) is 2.86. The molecule has 124 valence electrons. The number of benzene rings is 1. The second-order valence-electron chi connectivity index (χ2n) is 5.12. The van der Waals surface area contributed by atoms with E-state index in [-0.39, 0.29) is 24.5 Å². The molecule has 1 aliphatic rings. The van der Waals surface area contributed by atoms with Crippen LogP contribution in [0.4, 0.5) is 4.79 Å². The van der Waals surface area contributed by atoms with Crippen LogP contribution in [0.2, 0.25) is 5.02 Å². The number of nitrogens with zero attached hydrogens (tertiary/aromatic N) is 2. The molecule has 0 bridgehead atoms. The first-order valence-electron chi connectivity index (χ1n) is 7.32. The van der Waals surface area contributed by atoms with E-state index in [1.807, 2.05) is 31.2 Å². The lowest BCUT2D eigenvalue weighted by Crippen LogP contribution is -2.43. The molecule has 1 unspecified atom stereocenters. The van der Waals surface area contributed by atoms with Gasteiger partial charge < -0.3 is 16.0 Å². The Morgan fingerprint density at radius 3 is 2.65 bits per heavy atom. The number of carbonyl (C=O) groups excluding carboxylic acids is 2. The molecule has 0 spiro atoms. The molecule has 1 atom stereocenters. The van der Waals surface area contributed by atoms with E-state index in [1.165, 1.54) is 4.90 Å². The summed E-state index contributed by atoms with van der Waals surface area (Å²) >= 11 is 5.88. The molecule has 0 aromatic heterocycles. The number of halogens is 1. The van der Waals surface area contributed by atoms with Crippen LogP contribution in [0, 0.1) is 0 Å². The van der Waals surface area contributed by atoms with Gasteiger partial charge in [0.25, 0.3) is 0 Å². The minimum absolute atomic E-state index is 0.0372. The first kappa shape index (κ1) is 17.1. The number of guanidine groups is 1. The quantitative estimate of drug-likeness (QED) is 0.427. The Balaban J connectivity index is 1.82. The Morgan fingerprint density at radius 1 is 1.39 bits per heavy atom. The third-order valence-electron chi connectivity index (χ3n) is 3.51. The van der Waals surface area contributed by atoms with E-state index in [4.69, 9.17) is 11.6 Å². The maximum atomic E-state index is 11.5. The molecule has 23 heavy (non-hydrogen) atoms. The van der Waals surface area contributed by atoms with Crippen molar-refractivity contribution in [1.29, 1.82) is 0 Å². The summed E-state index contributed by atoms with van der Waals surface area (Å²) in [6.45, 7) is 2.79. The number of hydrogen-bond acceptors (Lipinski definition) is 3.